The van der Waals surface area contributed by atoms with E-state index in [1.54, 1.807) is 30.5 Å². The SMILES string of the molecule is O=C(O)c1ccc(-c2csc(Nc3ccccn3)n2)cc1. The highest BCUT2D eigenvalue weighted by Crippen LogP contribution is 2.26. The molecule has 0 bridgehead atoms. The predicted octanol–water partition coefficient (Wildman–Crippen LogP) is 3.65. The third kappa shape index (κ3) is 3.06. The summed E-state index contributed by atoms with van der Waals surface area (Å²) >= 11 is 1.47. The van der Waals surface area contributed by atoms with E-state index in [0.717, 1.165) is 22.2 Å². The molecule has 6 heteroatoms. The molecule has 21 heavy (non-hydrogen) atoms. The first-order valence-corrected chi connectivity index (χ1v) is 7.07. The number of nitrogens with zero attached hydrogens (tertiary/aromatic N) is 2. The summed E-state index contributed by atoms with van der Waals surface area (Å²) in [7, 11) is 0. The molecule has 0 atom stereocenters. The number of pyridine rings is 1. The largest absolute Gasteiger partial charge is 0.478 e. The van der Waals surface area contributed by atoms with Crippen LogP contribution in [-0.4, -0.2) is 21.0 Å². The van der Waals surface area contributed by atoms with Gasteiger partial charge < -0.3 is 10.4 Å². The van der Waals surface area contributed by atoms with Crippen molar-refractivity contribution < 1.29 is 9.90 Å². The van der Waals surface area contributed by atoms with Crippen LogP contribution in [0.2, 0.25) is 0 Å². The Morgan fingerprint density at radius 3 is 2.62 bits per heavy atom. The van der Waals surface area contributed by atoms with Gasteiger partial charge in [-0.1, -0.05) is 18.2 Å². The minimum absolute atomic E-state index is 0.265. The molecule has 104 valence electrons. The molecule has 2 N–H and O–H groups in total. The second-order valence-electron chi connectivity index (χ2n) is 4.26. The van der Waals surface area contributed by atoms with E-state index >= 15 is 0 Å². The molecule has 3 aromatic rings. The van der Waals surface area contributed by atoms with E-state index in [1.165, 1.54) is 11.3 Å². The van der Waals surface area contributed by atoms with Crippen LogP contribution in [0.3, 0.4) is 0 Å². The van der Waals surface area contributed by atoms with Crippen LogP contribution in [0.4, 0.5) is 10.9 Å². The van der Waals surface area contributed by atoms with E-state index in [-0.39, 0.29) is 5.56 Å². The number of aromatic nitrogens is 2. The Morgan fingerprint density at radius 2 is 1.95 bits per heavy atom. The third-order valence-corrected chi connectivity index (χ3v) is 3.59. The standard InChI is InChI=1S/C15H11N3O2S/c19-14(20)11-6-4-10(5-7-11)12-9-21-15(17-12)18-13-3-1-2-8-16-13/h1-9H,(H,19,20)(H,16,17,18). The van der Waals surface area contributed by atoms with E-state index in [1.807, 2.05) is 23.6 Å². The molecule has 0 aliphatic heterocycles. The van der Waals surface area contributed by atoms with Gasteiger partial charge in [0, 0.05) is 17.1 Å². The number of benzene rings is 1. The molecule has 0 fully saturated rings. The molecule has 0 saturated carbocycles. The highest BCUT2D eigenvalue weighted by molar-refractivity contribution is 7.14. The van der Waals surface area contributed by atoms with Gasteiger partial charge in [0.2, 0.25) is 0 Å². The zero-order valence-electron chi connectivity index (χ0n) is 10.9. The minimum atomic E-state index is -0.933. The Bertz CT molecular complexity index is 754. The van der Waals surface area contributed by atoms with Crippen molar-refractivity contribution in [2.45, 2.75) is 0 Å². The van der Waals surface area contributed by atoms with E-state index in [2.05, 4.69) is 15.3 Å². The second kappa shape index (κ2) is 5.72. The summed E-state index contributed by atoms with van der Waals surface area (Å²) in [5.41, 5.74) is 1.95. The lowest BCUT2D eigenvalue weighted by Gasteiger charge is -2.00. The normalized spacial score (nSPS) is 10.3. The number of hydrogen-bond donors (Lipinski definition) is 2. The Hall–Kier alpha value is -2.73. The van der Waals surface area contributed by atoms with E-state index in [9.17, 15) is 4.79 Å². The maximum atomic E-state index is 10.8. The molecule has 0 unspecified atom stereocenters. The van der Waals surface area contributed by atoms with Crippen molar-refractivity contribution in [2.75, 3.05) is 5.32 Å². The number of carboxylic acid groups (broad SMARTS) is 1. The Labute approximate surface area is 124 Å². The summed E-state index contributed by atoms with van der Waals surface area (Å²) in [6.07, 6.45) is 1.71. The maximum absolute atomic E-state index is 10.8. The van der Waals surface area contributed by atoms with Crippen LogP contribution in [0.15, 0.2) is 54.0 Å². The van der Waals surface area contributed by atoms with Gasteiger partial charge in [-0.15, -0.1) is 11.3 Å². The summed E-state index contributed by atoms with van der Waals surface area (Å²) < 4.78 is 0. The number of carboxylic acids is 1. The van der Waals surface area contributed by atoms with Gasteiger partial charge in [0.15, 0.2) is 5.13 Å². The molecule has 0 aliphatic carbocycles. The first kappa shape index (κ1) is 13.3. The molecule has 0 saturated heterocycles. The fourth-order valence-electron chi connectivity index (χ4n) is 1.79. The van der Waals surface area contributed by atoms with Crippen LogP contribution >= 0.6 is 11.3 Å². The van der Waals surface area contributed by atoms with E-state index < -0.39 is 5.97 Å². The minimum Gasteiger partial charge on any atom is -0.478 e. The Balaban J connectivity index is 1.80. The Kier molecular flexibility index (Phi) is 3.61. The van der Waals surface area contributed by atoms with Crippen molar-refractivity contribution in [3.8, 4) is 11.3 Å². The van der Waals surface area contributed by atoms with Crippen LogP contribution < -0.4 is 5.32 Å². The third-order valence-electron chi connectivity index (χ3n) is 2.83. The topological polar surface area (TPSA) is 75.1 Å². The lowest BCUT2D eigenvalue weighted by Crippen LogP contribution is -1.95. The average molecular weight is 297 g/mol. The number of carbonyl (C=O) groups is 1. The van der Waals surface area contributed by atoms with Gasteiger partial charge in [-0.05, 0) is 24.3 Å². The number of hydrogen-bond acceptors (Lipinski definition) is 5. The summed E-state index contributed by atoms with van der Waals surface area (Å²) in [6, 6.07) is 12.3. The summed E-state index contributed by atoms with van der Waals surface area (Å²) in [4.78, 5) is 19.5. The average Bonchev–Trinajstić information content (AvgIpc) is 2.97. The van der Waals surface area contributed by atoms with Crippen LogP contribution in [0.5, 0.6) is 0 Å². The zero-order valence-corrected chi connectivity index (χ0v) is 11.7. The van der Waals surface area contributed by atoms with Gasteiger partial charge in [-0.2, -0.15) is 0 Å². The van der Waals surface area contributed by atoms with Crippen molar-refractivity contribution in [3.05, 3.63) is 59.6 Å². The lowest BCUT2D eigenvalue weighted by molar-refractivity contribution is 0.0697. The van der Waals surface area contributed by atoms with E-state index in [0.29, 0.717) is 0 Å². The van der Waals surface area contributed by atoms with E-state index in [4.69, 9.17) is 5.11 Å². The van der Waals surface area contributed by atoms with Gasteiger partial charge >= 0.3 is 5.97 Å². The van der Waals surface area contributed by atoms with Gasteiger partial charge in [-0.25, -0.2) is 14.8 Å². The summed E-state index contributed by atoms with van der Waals surface area (Å²) in [6.45, 7) is 0. The summed E-state index contributed by atoms with van der Waals surface area (Å²) in [5, 5.41) is 14.7. The number of aromatic carboxylic acids is 1. The van der Waals surface area contributed by atoms with Gasteiger partial charge in [-0.3, -0.25) is 0 Å². The monoisotopic (exact) mass is 297 g/mol. The van der Waals surface area contributed by atoms with Gasteiger partial charge in [0.05, 0.1) is 11.3 Å². The molecule has 3 rings (SSSR count). The van der Waals surface area contributed by atoms with Gasteiger partial charge in [0.25, 0.3) is 0 Å². The summed E-state index contributed by atoms with van der Waals surface area (Å²) in [5.74, 6) is -0.197. The molecule has 5 nitrogen and oxygen atoms in total. The fraction of sp³-hybridized carbons (Fsp3) is 0. The van der Waals surface area contributed by atoms with Crippen molar-refractivity contribution in [2.24, 2.45) is 0 Å². The smallest absolute Gasteiger partial charge is 0.335 e. The van der Waals surface area contributed by atoms with Crippen molar-refractivity contribution in [1.82, 2.24) is 9.97 Å². The van der Waals surface area contributed by atoms with Crippen LogP contribution in [0.25, 0.3) is 11.3 Å². The molecule has 1 aromatic carbocycles. The first-order valence-electron chi connectivity index (χ1n) is 6.20. The zero-order chi connectivity index (χ0) is 14.7. The molecule has 0 amide bonds. The first-order chi connectivity index (χ1) is 10.2. The second-order valence-corrected chi connectivity index (χ2v) is 5.12. The highest BCUT2D eigenvalue weighted by Gasteiger charge is 2.07. The van der Waals surface area contributed by atoms with Crippen LogP contribution in [0, 0.1) is 0 Å². The Morgan fingerprint density at radius 1 is 1.14 bits per heavy atom. The maximum Gasteiger partial charge on any atom is 0.335 e. The molecule has 2 aromatic heterocycles. The van der Waals surface area contributed by atoms with Crippen molar-refractivity contribution in [3.63, 3.8) is 0 Å². The number of thiazole rings is 1. The number of rotatable bonds is 4. The van der Waals surface area contributed by atoms with Gasteiger partial charge in [0.1, 0.15) is 5.82 Å². The number of anilines is 2. The molecular formula is C15H11N3O2S. The number of nitrogens with one attached hydrogen (secondary N) is 1. The molecular weight excluding hydrogens is 286 g/mol. The quantitative estimate of drug-likeness (QED) is 0.769. The van der Waals surface area contributed by atoms with Crippen LogP contribution in [0.1, 0.15) is 10.4 Å². The van der Waals surface area contributed by atoms with Crippen molar-refractivity contribution >= 4 is 28.3 Å². The highest BCUT2D eigenvalue weighted by atomic mass is 32.1. The molecule has 0 spiro atoms. The molecule has 0 radical (unpaired) electrons. The van der Waals surface area contributed by atoms with Crippen LogP contribution in [-0.2, 0) is 0 Å². The predicted molar refractivity (Wildman–Crippen MR) is 82.0 cm³/mol. The molecule has 2 heterocycles. The van der Waals surface area contributed by atoms with Crippen molar-refractivity contribution in [1.29, 1.82) is 0 Å². The lowest BCUT2D eigenvalue weighted by atomic mass is 10.1. The fourth-order valence-corrected chi connectivity index (χ4v) is 2.52. The molecule has 0 aliphatic rings.